The number of hydrogen-bond donors (Lipinski definition) is 1. The summed E-state index contributed by atoms with van der Waals surface area (Å²) in [4.78, 5) is 16.9. The first kappa shape index (κ1) is 22.2. The molecule has 170 valence electrons. The van der Waals surface area contributed by atoms with Gasteiger partial charge >= 0.3 is 0 Å². The zero-order valence-corrected chi connectivity index (χ0v) is 19.0. The van der Waals surface area contributed by atoms with Crippen molar-refractivity contribution < 1.29 is 17.7 Å². The van der Waals surface area contributed by atoms with Gasteiger partial charge in [0.05, 0.1) is 11.7 Å². The number of carbonyl (C=O) groups is 1. The lowest BCUT2D eigenvalue weighted by Gasteiger charge is -2.31. The van der Waals surface area contributed by atoms with Crippen LogP contribution in [0.4, 0.5) is 0 Å². The van der Waals surface area contributed by atoms with Crippen LogP contribution < -0.4 is 5.32 Å². The highest BCUT2D eigenvalue weighted by Gasteiger charge is 2.35. The van der Waals surface area contributed by atoms with Gasteiger partial charge in [-0.25, -0.2) is 18.1 Å². The number of piperidine rings is 1. The van der Waals surface area contributed by atoms with Crippen molar-refractivity contribution in [2.45, 2.75) is 44.6 Å². The van der Waals surface area contributed by atoms with E-state index >= 15 is 0 Å². The van der Waals surface area contributed by atoms with Gasteiger partial charge in [-0.2, -0.15) is 9.40 Å². The van der Waals surface area contributed by atoms with Gasteiger partial charge in [0.2, 0.25) is 15.9 Å². The maximum absolute atomic E-state index is 13.0. The molecule has 10 nitrogen and oxygen atoms in total. The summed E-state index contributed by atoms with van der Waals surface area (Å²) in [6.45, 7) is 5.70. The second kappa shape index (κ2) is 8.83. The highest BCUT2D eigenvalue weighted by Crippen LogP contribution is 2.28. The predicted octanol–water partition coefficient (Wildman–Crippen LogP) is 2.15. The van der Waals surface area contributed by atoms with E-state index in [1.807, 2.05) is 31.2 Å². The summed E-state index contributed by atoms with van der Waals surface area (Å²) < 4.78 is 34.0. The summed E-state index contributed by atoms with van der Waals surface area (Å²) in [6, 6.07) is 7.56. The summed E-state index contributed by atoms with van der Waals surface area (Å²) in [5, 5.41) is 10.9. The SMILES string of the molecule is Cc1noc(C)c1S(=O)(=O)N1CCC(C(=O)N[C@H](C)c2ccc(-n3cncn3)cc2)CC1. The Hall–Kier alpha value is -3.05. The number of aromatic nitrogens is 4. The lowest BCUT2D eigenvalue weighted by molar-refractivity contribution is -0.126. The summed E-state index contributed by atoms with van der Waals surface area (Å²) in [6.07, 6.45) is 4.03. The normalized spacial score (nSPS) is 16.7. The minimum atomic E-state index is -3.68. The Labute approximate surface area is 186 Å². The van der Waals surface area contributed by atoms with Crippen LogP contribution in [-0.2, 0) is 14.8 Å². The summed E-state index contributed by atoms with van der Waals surface area (Å²) in [7, 11) is -3.68. The largest absolute Gasteiger partial charge is 0.360 e. The first-order valence-corrected chi connectivity index (χ1v) is 11.9. The van der Waals surface area contributed by atoms with Crippen molar-refractivity contribution >= 4 is 15.9 Å². The van der Waals surface area contributed by atoms with E-state index in [4.69, 9.17) is 4.52 Å². The van der Waals surface area contributed by atoms with E-state index in [0.717, 1.165) is 11.3 Å². The van der Waals surface area contributed by atoms with Crippen molar-refractivity contribution in [2.75, 3.05) is 13.1 Å². The molecule has 3 heterocycles. The van der Waals surface area contributed by atoms with Crippen molar-refractivity contribution in [1.29, 1.82) is 0 Å². The molecular weight excluding hydrogens is 432 g/mol. The molecule has 3 aromatic rings. The van der Waals surface area contributed by atoms with Gasteiger partial charge in [-0.15, -0.1) is 0 Å². The molecular formula is C21H26N6O4S. The van der Waals surface area contributed by atoms with Crippen molar-refractivity contribution in [1.82, 2.24) is 29.5 Å². The van der Waals surface area contributed by atoms with E-state index in [-0.39, 0.29) is 41.6 Å². The van der Waals surface area contributed by atoms with Gasteiger partial charge in [0.15, 0.2) is 5.76 Å². The molecule has 32 heavy (non-hydrogen) atoms. The Morgan fingerprint density at radius 2 is 1.88 bits per heavy atom. The molecule has 0 unspecified atom stereocenters. The van der Waals surface area contributed by atoms with Gasteiger partial charge < -0.3 is 9.84 Å². The second-order valence-electron chi connectivity index (χ2n) is 7.99. The van der Waals surface area contributed by atoms with Crippen LogP contribution in [0.15, 0.2) is 46.3 Å². The number of carbonyl (C=O) groups excluding carboxylic acids is 1. The molecule has 11 heteroatoms. The quantitative estimate of drug-likeness (QED) is 0.600. The molecule has 1 atom stereocenters. The highest BCUT2D eigenvalue weighted by atomic mass is 32.2. The monoisotopic (exact) mass is 458 g/mol. The zero-order chi connectivity index (χ0) is 22.9. The lowest BCUT2D eigenvalue weighted by Crippen LogP contribution is -2.43. The van der Waals surface area contributed by atoms with Crippen LogP contribution in [-0.4, -0.2) is 51.6 Å². The van der Waals surface area contributed by atoms with E-state index in [1.54, 1.807) is 24.9 Å². The number of benzene rings is 1. The van der Waals surface area contributed by atoms with E-state index < -0.39 is 10.0 Å². The summed E-state index contributed by atoms with van der Waals surface area (Å²) in [5.41, 5.74) is 2.21. The average molecular weight is 459 g/mol. The van der Waals surface area contributed by atoms with E-state index in [9.17, 15) is 13.2 Å². The molecule has 0 bridgehead atoms. The minimum absolute atomic E-state index is 0.0627. The van der Waals surface area contributed by atoms with Gasteiger partial charge in [0, 0.05) is 19.0 Å². The molecule has 0 spiro atoms. The molecule has 1 aliphatic rings. The van der Waals surface area contributed by atoms with Crippen LogP contribution in [0, 0.1) is 19.8 Å². The number of sulfonamides is 1. The predicted molar refractivity (Wildman–Crippen MR) is 115 cm³/mol. The molecule has 1 N–H and O–H groups in total. The molecule has 1 saturated heterocycles. The number of nitrogens with one attached hydrogen (secondary N) is 1. The molecule has 0 aliphatic carbocycles. The van der Waals surface area contributed by atoms with E-state index in [2.05, 4.69) is 20.6 Å². The van der Waals surface area contributed by atoms with Crippen LogP contribution in [0.5, 0.6) is 0 Å². The van der Waals surface area contributed by atoms with Gasteiger partial charge in [0.25, 0.3) is 0 Å². The number of hydrogen-bond acceptors (Lipinski definition) is 7. The molecule has 1 fully saturated rings. The Kier molecular flexibility index (Phi) is 6.11. The van der Waals surface area contributed by atoms with E-state index in [0.29, 0.717) is 18.5 Å². The Bertz CT molecular complexity index is 1160. The molecule has 4 rings (SSSR count). The molecule has 2 aromatic heterocycles. The van der Waals surface area contributed by atoms with Crippen molar-refractivity contribution in [3.8, 4) is 5.69 Å². The van der Waals surface area contributed by atoms with Crippen LogP contribution in [0.1, 0.15) is 42.8 Å². The van der Waals surface area contributed by atoms with Crippen molar-refractivity contribution in [3.05, 3.63) is 53.9 Å². The molecule has 1 amide bonds. The third-order valence-corrected chi connectivity index (χ3v) is 7.97. The summed E-state index contributed by atoms with van der Waals surface area (Å²) in [5.74, 6) is -0.0127. The number of rotatable bonds is 6. The molecule has 0 radical (unpaired) electrons. The number of amides is 1. The zero-order valence-electron chi connectivity index (χ0n) is 18.2. The van der Waals surface area contributed by atoms with Gasteiger partial charge in [-0.1, -0.05) is 17.3 Å². The number of aryl methyl sites for hydroxylation is 2. The lowest BCUT2D eigenvalue weighted by atomic mass is 9.96. The molecule has 0 saturated carbocycles. The minimum Gasteiger partial charge on any atom is -0.360 e. The van der Waals surface area contributed by atoms with Gasteiger partial charge in [0.1, 0.15) is 23.2 Å². The topological polar surface area (TPSA) is 123 Å². The maximum Gasteiger partial charge on any atom is 0.248 e. The first-order chi connectivity index (χ1) is 15.3. The van der Waals surface area contributed by atoms with Crippen LogP contribution >= 0.6 is 0 Å². The first-order valence-electron chi connectivity index (χ1n) is 10.5. The Morgan fingerprint density at radius 1 is 1.19 bits per heavy atom. The smallest absolute Gasteiger partial charge is 0.248 e. The fourth-order valence-electron chi connectivity index (χ4n) is 4.00. The Morgan fingerprint density at radius 3 is 2.44 bits per heavy atom. The van der Waals surface area contributed by atoms with Gasteiger partial charge in [-0.3, -0.25) is 4.79 Å². The fraction of sp³-hybridized carbons (Fsp3) is 0.429. The fourth-order valence-corrected chi connectivity index (χ4v) is 5.76. The number of nitrogens with zero attached hydrogens (tertiary/aromatic N) is 5. The third-order valence-electron chi connectivity index (χ3n) is 5.83. The van der Waals surface area contributed by atoms with Crippen LogP contribution in [0.3, 0.4) is 0 Å². The van der Waals surface area contributed by atoms with Gasteiger partial charge in [-0.05, 0) is 51.3 Å². The third kappa shape index (κ3) is 4.30. The van der Waals surface area contributed by atoms with Crippen molar-refractivity contribution in [3.63, 3.8) is 0 Å². The average Bonchev–Trinajstić information content (AvgIpc) is 3.44. The van der Waals surface area contributed by atoms with Crippen LogP contribution in [0.2, 0.25) is 0 Å². The standard InChI is InChI=1S/C21H26N6O4S/c1-14(17-4-6-19(7-5-17)27-13-22-12-23-27)24-21(28)18-8-10-26(11-9-18)32(29,30)20-15(2)25-31-16(20)3/h4-7,12-14,18H,8-11H2,1-3H3,(H,24,28)/t14-/m1/s1. The van der Waals surface area contributed by atoms with Crippen LogP contribution in [0.25, 0.3) is 5.69 Å². The second-order valence-corrected chi connectivity index (χ2v) is 9.87. The Balaban J connectivity index is 1.34. The van der Waals surface area contributed by atoms with Crippen molar-refractivity contribution in [2.24, 2.45) is 5.92 Å². The summed E-state index contributed by atoms with van der Waals surface area (Å²) >= 11 is 0. The molecule has 1 aromatic carbocycles. The maximum atomic E-state index is 13.0. The molecule has 1 aliphatic heterocycles. The van der Waals surface area contributed by atoms with E-state index in [1.165, 1.54) is 10.6 Å². The highest BCUT2D eigenvalue weighted by molar-refractivity contribution is 7.89.